The topological polar surface area (TPSA) is 95.7 Å². The normalized spacial score (nSPS) is 18.2. The van der Waals surface area contributed by atoms with Crippen molar-refractivity contribution in [3.05, 3.63) is 59.8 Å². The molecule has 0 bridgehead atoms. The van der Waals surface area contributed by atoms with Crippen LogP contribution in [0.3, 0.4) is 0 Å². The third-order valence-electron chi connectivity index (χ3n) is 5.95. The van der Waals surface area contributed by atoms with Gasteiger partial charge in [-0.05, 0) is 18.9 Å². The maximum Gasteiger partial charge on any atom is 0.353 e. The Bertz CT molecular complexity index is 1270. The maximum atomic E-state index is 15.3. The maximum absolute atomic E-state index is 15.3. The quantitative estimate of drug-likeness (QED) is 0.363. The van der Waals surface area contributed by atoms with Gasteiger partial charge in [-0.1, -0.05) is 6.58 Å². The van der Waals surface area contributed by atoms with Gasteiger partial charge >= 0.3 is 5.92 Å². The van der Waals surface area contributed by atoms with Crippen molar-refractivity contribution >= 4 is 17.0 Å². The summed E-state index contributed by atoms with van der Waals surface area (Å²) < 4.78 is 80.4. The Balaban J connectivity index is 1.66. The molecular weight excluding hydrogens is 486 g/mol. The molecule has 1 fully saturated rings. The van der Waals surface area contributed by atoms with Crippen LogP contribution in [0.1, 0.15) is 23.6 Å². The smallest absolute Gasteiger partial charge is 0.353 e. The van der Waals surface area contributed by atoms with E-state index in [4.69, 9.17) is 18.6 Å². The lowest BCUT2D eigenvalue weighted by molar-refractivity contribution is -0.118. The van der Waals surface area contributed by atoms with E-state index in [1.807, 2.05) is 0 Å². The molecular formula is C24H23F4N3O5. The highest BCUT2D eigenvalue weighted by Crippen LogP contribution is 2.44. The predicted molar refractivity (Wildman–Crippen MR) is 119 cm³/mol. The van der Waals surface area contributed by atoms with Crippen molar-refractivity contribution in [3.8, 4) is 11.5 Å². The number of aromatic nitrogens is 2. The first kappa shape index (κ1) is 25.4. The summed E-state index contributed by atoms with van der Waals surface area (Å²) in [6.45, 7) is 4.29. The average Bonchev–Trinajstić information content (AvgIpc) is 3.30. The fraction of sp³-hybridized carbons (Fsp3) is 0.375. The number of halogens is 4. The van der Waals surface area contributed by atoms with Gasteiger partial charge in [0.05, 0.1) is 27.0 Å². The molecule has 3 aromatic rings. The van der Waals surface area contributed by atoms with E-state index < -0.39 is 40.5 Å². The number of oxazole rings is 1. The van der Waals surface area contributed by atoms with Crippen LogP contribution in [0.4, 0.5) is 17.6 Å². The van der Waals surface area contributed by atoms with Crippen LogP contribution in [0, 0.1) is 17.6 Å². The Morgan fingerprint density at radius 1 is 1.25 bits per heavy atom. The van der Waals surface area contributed by atoms with E-state index >= 15 is 8.78 Å². The van der Waals surface area contributed by atoms with Gasteiger partial charge in [0.2, 0.25) is 5.91 Å². The number of hydrogen-bond donors (Lipinski definition) is 1. The van der Waals surface area contributed by atoms with Gasteiger partial charge in [-0.3, -0.25) is 9.78 Å². The van der Waals surface area contributed by atoms with E-state index in [9.17, 15) is 13.6 Å². The zero-order valence-electron chi connectivity index (χ0n) is 19.4. The molecule has 3 heterocycles. The van der Waals surface area contributed by atoms with E-state index in [1.54, 1.807) is 0 Å². The number of fused-ring (bicyclic) bond motifs is 1. The molecule has 192 valence electrons. The Kier molecular flexibility index (Phi) is 7.16. The number of hydrogen-bond acceptors (Lipinski definition) is 7. The summed E-state index contributed by atoms with van der Waals surface area (Å²) >= 11 is 0. The van der Waals surface area contributed by atoms with E-state index in [1.165, 1.54) is 18.3 Å². The third-order valence-corrected chi connectivity index (χ3v) is 5.95. The number of rotatable bonds is 8. The summed E-state index contributed by atoms with van der Waals surface area (Å²) in [7, 11) is 2.10. The third kappa shape index (κ3) is 4.72. The number of alkyl halides is 2. The van der Waals surface area contributed by atoms with Crippen LogP contribution in [-0.2, 0) is 21.9 Å². The zero-order valence-corrected chi connectivity index (χ0v) is 19.4. The SMILES string of the molecule is C=CC(=O)NC1CCOCC1Cc1cc2oc(C(F)(F)c3c(F)c(OC)cc(OC)c3F)nc2cn1. The van der Waals surface area contributed by atoms with Crippen molar-refractivity contribution < 1.29 is 41.0 Å². The summed E-state index contributed by atoms with van der Waals surface area (Å²) in [6, 6.07) is 2.05. The molecule has 1 amide bonds. The van der Waals surface area contributed by atoms with Crippen LogP contribution >= 0.6 is 0 Å². The van der Waals surface area contributed by atoms with Gasteiger partial charge in [0.1, 0.15) is 11.1 Å². The molecule has 4 rings (SSSR count). The van der Waals surface area contributed by atoms with Gasteiger partial charge in [0, 0.05) is 36.4 Å². The highest BCUT2D eigenvalue weighted by molar-refractivity contribution is 5.87. The Morgan fingerprint density at radius 2 is 1.94 bits per heavy atom. The van der Waals surface area contributed by atoms with Gasteiger partial charge in [0.15, 0.2) is 28.7 Å². The molecule has 1 aliphatic heterocycles. The molecule has 1 N–H and O–H groups in total. The molecule has 36 heavy (non-hydrogen) atoms. The fourth-order valence-corrected chi connectivity index (χ4v) is 4.08. The predicted octanol–water partition coefficient (Wildman–Crippen LogP) is 3.91. The number of amides is 1. The Morgan fingerprint density at radius 3 is 2.58 bits per heavy atom. The van der Waals surface area contributed by atoms with E-state index in [0.717, 1.165) is 20.3 Å². The minimum absolute atomic E-state index is 0.0273. The van der Waals surface area contributed by atoms with Gasteiger partial charge in [-0.15, -0.1) is 0 Å². The van der Waals surface area contributed by atoms with Crippen molar-refractivity contribution in [2.24, 2.45) is 5.92 Å². The lowest BCUT2D eigenvalue weighted by Gasteiger charge is -2.31. The molecule has 0 radical (unpaired) electrons. The summed E-state index contributed by atoms with van der Waals surface area (Å²) in [5.41, 5.74) is -1.21. The first-order chi connectivity index (χ1) is 17.2. The van der Waals surface area contributed by atoms with Crippen LogP contribution < -0.4 is 14.8 Å². The summed E-state index contributed by atoms with van der Waals surface area (Å²) in [4.78, 5) is 19.7. The van der Waals surface area contributed by atoms with Crippen molar-refractivity contribution in [1.29, 1.82) is 0 Å². The largest absolute Gasteiger partial charge is 0.494 e. The van der Waals surface area contributed by atoms with E-state index in [0.29, 0.717) is 31.7 Å². The molecule has 12 heteroatoms. The van der Waals surface area contributed by atoms with Gasteiger partial charge < -0.3 is 23.9 Å². The Labute approximate surface area is 203 Å². The molecule has 1 aliphatic rings. The van der Waals surface area contributed by atoms with Gasteiger partial charge in [0.25, 0.3) is 5.89 Å². The van der Waals surface area contributed by atoms with Gasteiger partial charge in [-0.25, -0.2) is 13.8 Å². The first-order valence-corrected chi connectivity index (χ1v) is 10.9. The number of nitrogens with one attached hydrogen (secondary N) is 1. The lowest BCUT2D eigenvalue weighted by Crippen LogP contribution is -2.45. The molecule has 0 aliphatic carbocycles. The number of carbonyl (C=O) groups excluding carboxylic acids is 1. The number of carbonyl (C=O) groups is 1. The molecule has 1 saturated heterocycles. The highest BCUT2D eigenvalue weighted by atomic mass is 19.3. The van der Waals surface area contributed by atoms with Crippen LogP contribution in [-0.4, -0.2) is 49.4 Å². The second-order valence-corrected chi connectivity index (χ2v) is 8.17. The second-order valence-electron chi connectivity index (χ2n) is 8.17. The fourth-order valence-electron chi connectivity index (χ4n) is 4.08. The molecule has 0 spiro atoms. The molecule has 2 unspecified atom stereocenters. The van der Waals surface area contributed by atoms with Crippen LogP contribution in [0.25, 0.3) is 11.1 Å². The van der Waals surface area contributed by atoms with Crippen molar-refractivity contribution in [1.82, 2.24) is 15.3 Å². The number of nitrogens with zero attached hydrogens (tertiary/aromatic N) is 2. The zero-order chi connectivity index (χ0) is 26.0. The number of benzene rings is 1. The lowest BCUT2D eigenvalue weighted by atomic mass is 9.91. The molecule has 0 saturated carbocycles. The van der Waals surface area contributed by atoms with E-state index in [2.05, 4.69) is 21.9 Å². The van der Waals surface area contributed by atoms with Crippen LogP contribution in [0.15, 0.2) is 35.4 Å². The number of ether oxygens (including phenoxy) is 3. The minimum Gasteiger partial charge on any atom is -0.494 e. The molecule has 2 aromatic heterocycles. The molecule has 2 atom stereocenters. The number of methoxy groups -OCH3 is 2. The molecule has 8 nitrogen and oxygen atoms in total. The van der Waals surface area contributed by atoms with Crippen LogP contribution in [0.2, 0.25) is 0 Å². The van der Waals surface area contributed by atoms with E-state index in [-0.39, 0.29) is 29.0 Å². The first-order valence-electron chi connectivity index (χ1n) is 10.9. The van der Waals surface area contributed by atoms with Crippen molar-refractivity contribution in [3.63, 3.8) is 0 Å². The number of pyridine rings is 1. The monoisotopic (exact) mass is 509 g/mol. The van der Waals surface area contributed by atoms with Gasteiger partial charge in [-0.2, -0.15) is 8.78 Å². The minimum atomic E-state index is -4.30. The van der Waals surface area contributed by atoms with Crippen molar-refractivity contribution in [2.75, 3.05) is 27.4 Å². The summed E-state index contributed by atoms with van der Waals surface area (Å²) in [6.07, 6.45) is 3.34. The molecule has 1 aromatic carbocycles. The highest BCUT2D eigenvalue weighted by Gasteiger charge is 2.47. The standard InChI is InChI=1S/C24H23F4N3O5/c1-4-19(32)30-14-5-6-35-11-12(14)7-13-8-16-15(10-29-13)31-23(36-16)24(27,28)20-21(25)17(33-2)9-18(34-3)22(20)26/h4,8-10,12,14H,1,5-7,11H2,2-3H3,(H,30,32). The van der Waals surface area contributed by atoms with Crippen LogP contribution in [0.5, 0.6) is 11.5 Å². The average molecular weight is 509 g/mol. The van der Waals surface area contributed by atoms with Crippen molar-refractivity contribution in [2.45, 2.75) is 24.8 Å². The summed E-state index contributed by atoms with van der Waals surface area (Å²) in [5.74, 6) is -10.4. The Hall–Kier alpha value is -3.67. The second kappa shape index (κ2) is 10.1. The summed E-state index contributed by atoms with van der Waals surface area (Å²) in [5, 5.41) is 2.86.